The molecule has 2 rings (SSSR count). The zero-order valence-corrected chi connectivity index (χ0v) is 11.7. The van der Waals surface area contributed by atoms with Crippen molar-refractivity contribution in [2.75, 3.05) is 0 Å². The molecule has 1 amide bonds. The van der Waals surface area contributed by atoms with Crippen molar-refractivity contribution < 1.29 is 9.18 Å². The van der Waals surface area contributed by atoms with Crippen LogP contribution in [0, 0.1) is 28.5 Å². The number of carbonyl (C=O) groups excluding carboxylic acids is 1. The number of hydrogen-bond acceptors (Lipinski definition) is 4. The molecule has 1 aromatic heterocycles. The third-order valence-corrected chi connectivity index (χ3v) is 3.11. The molecule has 0 fully saturated rings. The van der Waals surface area contributed by atoms with Gasteiger partial charge in [0.2, 0.25) is 5.91 Å². The molecule has 110 valence electrons. The van der Waals surface area contributed by atoms with Crippen molar-refractivity contribution in [3.63, 3.8) is 0 Å². The zero-order valence-electron chi connectivity index (χ0n) is 11.7. The Bertz CT molecular complexity index is 767. The minimum atomic E-state index is -0.344. The average molecular weight is 297 g/mol. The van der Waals surface area contributed by atoms with Gasteiger partial charge in [-0.25, -0.2) is 9.37 Å². The standard InChI is InChI=1S/C15H12FN5O/c1-10(11-2-4-12(16)5-3-11)20-15(22)8-21-9-19-13(6-17)14(21)7-18/h2-5,9-10H,8H2,1H3,(H,20,22)/t10-/m1/s1. The summed E-state index contributed by atoms with van der Waals surface area (Å²) in [5.41, 5.74) is 0.799. The van der Waals surface area contributed by atoms with E-state index in [1.54, 1.807) is 25.1 Å². The highest BCUT2D eigenvalue weighted by atomic mass is 19.1. The van der Waals surface area contributed by atoms with Crippen LogP contribution >= 0.6 is 0 Å². The van der Waals surface area contributed by atoms with Crippen molar-refractivity contribution in [1.82, 2.24) is 14.9 Å². The second kappa shape index (κ2) is 6.51. The predicted octanol–water partition coefficient (Wildman–Crippen LogP) is 1.64. The Hall–Kier alpha value is -3.19. The van der Waals surface area contributed by atoms with E-state index in [-0.39, 0.29) is 35.7 Å². The Kier molecular flexibility index (Phi) is 4.50. The van der Waals surface area contributed by atoms with Gasteiger partial charge in [0, 0.05) is 0 Å². The van der Waals surface area contributed by atoms with Gasteiger partial charge in [0.25, 0.3) is 0 Å². The summed E-state index contributed by atoms with van der Waals surface area (Å²) in [5.74, 6) is -0.682. The summed E-state index contributed by atoms with van der Waals surface area (Å²) < 4.78 is 14.2. The van der Waals surface area contributed by atoms with Crippen LogP contribution < -0.4 is 5.32 Å². The van der Waals surface area contributed by atoms with E-state index in [4.69, 9.17) is 10.5 Å². The number of carbonyl (C=O) groups is 1. The second-order valence-electron chi connectivity index (χ2n) is 4.63. The Labute approximate surface area is 126 Å². The Morgan fingerprint density at radius 2 is 2.05 bits per heavy atom. The van der Waals surface area contributed by atoms with Gasteiger partial charge in [-0.3, -0.25) is 4.79 Å². The van der Waals surface area contributed by atoms with Gasteiger partial charge in [0.15, 0.2) is 11.4 Å². The van der Waals surface area contributed by atoms with Crippen LogP contribution in [0.2, 0.25) is 0 Å². The maximum Gasteiger partial charge on any atom is 0.240 e. The monoisotopic (exact) mass is 297 g/mol. The lowest BCUT2D eigenvalue weighted by molar-refractivity contribution is -0.122. The molecule has 0 saturated carbocycles. The molecule has 2 aromatic rings. The van der Waals surface area contributed by atoms with Gasteiger partial charge in [-0.2, -0.15) is 10.5 Å². The third kappa shape index (κ3) is 3.28. The van der Waals surface area contributed by atoms with Gasteiger partial charge < -0.3 is 9.88 Å². The topological polar surface area (TPSA) is 94.5 Å². The van der Waals surface area contributed by atoms with E-state index in [1.807, 2.05) is 6.07 Å². The number of amides is 1. The molecule has 1 atom stereocenters. The molecule has 0 radical (unpaired) electrons. The third-order valence-electron chi connectivity index (χ3n) is 3.11. The number of halogens is 1. The van der Waals surface area contributed by atoms with Crippen LogP contribution in [-0.4, -0.2) is 15.5 Å². The maximum atomic E-state index is 12.9. The molecule has 0 aliphatic heterocycles. The van der Waals surface area contributed by atoms with Crippen LogP contribution in [-0.2, 0) is 11.3 Å². The number of nitrogens with one attached hydrogen (secondary N) is 1. The minimum Gasteiger partial charge on any atom is -0.348 e. The van der Waals surface area contributed by atoms with E-state index in [0.29, 0.717) is 0 Å². The lowest BCUT2D eigenvalue weighted by Crippen LogP contribution is -2.30. The Morgan fingerprint density at radius 3 is 2.64 bits per heavy atom. The van der Waals surface area contributed by atoms with Crippen molar-refractivity contribution in [2.45, 2.75) is 19.5 Å². The van der Waals surface area contributed by atoms with E-state index in [9.17, 15) is 9.18 Å². The minimum absolute atomic E-state index is 0.0121. The molecule has 0 aliphatic rings. The van der Waals surface area contributed by atoms with Crippen LogP contribution in [0.4, 0.5) is 4.39 Å². The molecule has 0 unspecified atom stereocenters. The highest BCUT2D eigenvalue weighted by Gasteiger charge is 2.14. The number of nitrogens with zero attached hydrogens (tertiary/aromatic N) is 4. The van der Waals surface area contributed by atoms with E-state index >= 15 is 0 Å². The number of benzene rings is 1. The van der Waals surface area contributed by atoms with Crippen LogP contribution in [0.3, 0.4) is 0 Å². The van der Waals surface area contributed by atoms with Crippen molar-refractivity contribution >= 4 is 5.91 Å². The molecule has 1 heterocycles. The number of hydrogen-bond donors (Lipinski definition) is 1. The first-order valence-electron chi connectivity index (χ1n) is 6.45. The Morgan fingerprint density at radius 1 is 1.36 bits per heavy atom. The summed E-state index contributed by atoms with van der Waals surface area (Å²) >= 11 is 0. The number of aromatic nitrogens is 2. The van der Waals surface area contributed by atoms with Crippen LogP contribution in [0.1, 0.15) is 29.9 Å². The summed E-state index contributed by atoms with van der Waals surface area (Å²) in [5, 5.41) is 20.5. The molecule has 0 aliphatic carbocycles. The maximum absolute atomic E-state index is 12.9. The van der Waals surface area contributed by atoms with Gasteiger partial charge in [-0.1, -0.05) is 12.1 Å². The van der Waals surface area contributed by atoms with Gasteiger partial charge in [0.1, 0.15) is 24.5 Å². The molecule has 1 aromatic carbocycles. The Balaban J connectivity index is 2.05. The summed E-state index contributed by atoms with van der Waals surface area (Å²) in [4.78, 5) is 15.8. The first-order valence-corrected chi connectivity index (χ1v) is 6.45. The highest BCUT2D eigenvalue weighted by molar-refractivity contribution is 5.76. The molecule has 6 nitrogen and oxygen atoms in total. The van der Waals surface area contributed by atoms with E-state index < -0.39 is 0 Å². The molecule has 1 N–H and O–H groups in total. The molecule has 0 bridgehead atoms. The summed E-state index contributed by atoms with van der Waals surface area (Å²) in [6, 6.07) is 9.15. The van der Waals surface area contributed by atoms with Crippen molar-refractivity contribution in [2.24, 2.45) is 0 Å². The van der Waals surface area contributed by atoms with Crippen molar-refractivity contribution in [3.8, 4) is 12.1 Å². The fourth-order valence-corrected chi connectivity index (χ4v) is 1.98. The molecule has 0 spiro atoms. The van der Waals surface area contributed by atoms with E-state index in [0.717, 1.165) is 5.56 Å². The zero-order chi connectivity index (χ0) is 16.1. The number of rotatable bonds is 4. The first-order chi connectivity index (χ1) is 10.5. The summed E-state index contributed by atoms with van der Waals surface area (Å²) in [6.07, 6.45) is 1.28. The molecular formula is C15H12FN5O. The quantitative estimate of drug-likeness (QED) is 0.928. The smallest absolute Gasteiger partial charge is 0.240 e. The van der Waals surface area contributed by atoms with Gasteiger partial charge in [0.05, 0.1) is 12.4 Å². The van der Waals surface area contributed by atoms with Crippen LogP contribution in [0.25, 0.3) is 0 Å². The van der Waals surface area contributed by atoms with Crippen LogP contribution in [0.5, 0.6) is 0 Å². The SMILES string of the molecule is C[C@@H](NC(=O)Cn1cnc(C#N)c1C#N)c1ccc(F)cc1. The lowest BCUT2D eigenvalue weighted by atomic mass is 10.1. The fraction of sp³-hybridized carbons (Fsp3) is 0.200. The number of nitriles is 2. The normalized spacial score (nSPS) is 11.3. The van der Waals surface area contributed by atoms with Gasteiger partial charge in [-0.15, -0.1) is 0 Å². The fourth-order valence-electron chi connectivity index (χ4n) is 1.98. The second-order valence-corrected chi connectivity index (χ2v) is 4.63. The predicted molar refractivity (Wildman–Crippen MR) is 74.6 cm³/mol. The lowest BCUT2D eigenvalue weighted by Gasteiger charge is -2.14. The van der Waals surface area contributed by atoms with E-state index in [1.165, 1.54) is 23.0 Å². The average Bonchev–Trinajstić information content (AvgIpc) is 2.89. The van der Waals surface area contributed by atoms with Crippen LogP contribution in [0.15, 0.2) is 30.6 Å². The molecule has 22 heavy (non-hydrogen) atoms. The van der Waals surface area contributed by atoms with Crippen molar-refractivity contribution in [3.05, 3.63) is 53.4 Å². The largest absolute Gasteiger partial charge is 0.348 e. The molecule has 0 saturated heterocycles. The van der Waals surface area contributed by atoms with Crippen molar-refractivity contribution in [1.29, 1.82) is 10.5 Å². The van der Waals surface area contributed by atoms with Gasteiger partial charge in [-0.05, 0) is 24.6 Å². The number of imidazole rings is 1. The van der Waals surface area contributed by atoms with E-state index in [2.05, 4.69) is 10.3 Å². The first kappa shape index (κ1) is 15.2. The molecule has 7 heteroatoms. The van der Waals surface area contributed by atoms with Gasteiger partial charge >= 0.3 is 0 Å². The molecular weight excluding hydrogens is 285 g/mol. The summed E-state index contributed by atoms with van der Waals surface area (Å²) in [7, 11) is 0. The summed E-state index contributed by atoms with van der Waals surface area (Å²) in [6.45, 7) is 1.65. The highest BCUT2D eigenvalue weighted by Crippen LogP contribution is 2.13.